The molecule has 1 fully saturated rings. The highest BCUT2D eigenvalue weighted by Gasteiger charge is 2.31. The monoisotopic (exact) mass is 263 g/mol. The smallest absolute Gasteiger partial charge is 0.310 e. The van der Waals surface area contributed by atoms with E-state index in [0.29, 0.717) is 24.8 Å². The van der Waals surface area contributed by atoms with E-state index in [1.165, 1.54) is 0 Å². The van der Waals surface area contributed by atoms with Crippen molar-refractivity contribution in [3.8, 4) is 0 Å². The molecule has 2 rings (SSSR count). The molecule has 0 spiro atoms. The number of rotatable bonds is 4. The molecule has 0 saturated heterocycles. The number of aliphatic carboxylic acids is 1. The Morgan fingerprint density at radius 2 is 2.11 bits per heavy atom. The first kappa shape index (κ1) is 13.7. The highest BCUT2D eigenvalue weighted by molar-refractivity contribution is 5.74. The molecule has 0 amide bonds. The topological polar surface area (TPSA) is 63.3 Å². The summed E-state index contributed by atoms with van der Waals surface area (Å²) >= 11 is 0. The van der Waals surface area contributed by atoms with Crippen LogP contribution in [0.4, 0.5) is 4.39 Å². The van der Waals surface area contributed by atoms with Crippen molar-refractivity contribution in [3.63, 3.8) is 0 Å². The van der Waals surface area contributed by atoms with Crippen molar-refractivity contribution in [3.05, 3.63) is 47.3 Å². The highest BCUT2D eigenvalue weighted by atomic mass is 19.1. The average Bonchev–Trinajstić information content (AvgIpc) is 2.88. The fourth-order valence-corrected chi connectivity index (χ4v) is 2.60. The van der Waals surface area contributed by atoms with Crippen molar-refractivity contribution in [2.75, 3.05) is 0 Å². The van der Waals surface area contributed by atoms with Gasteiger partial charge in [-0.1, -0.05) is 30.3 Å². The van der Waals surface area contributed by atoms with Crippen LogP contribution in [0.2, 0.25) is 0 Å². The molecule has 3 nitrogen and oxygen atoms in total. The van der Waals surface area contributed by atoms with Gasteiger partial charge in [0.1, 0.15) is 5.83 Å². The van der Waals surface area contributed by atoms with Gasteiger partial charge >= 0.3 is 5.97 Å². The van der Waals surface area contributed by atoms with Crippen molar-refractivity contribution in [1.29, 1.82) is 0 Å². The van der Waals surface area contributed by atoms with E-state index in [4.69, 9.17) is 10.8 Å². The molecule has 2 atom stereocenters. The summed E-state index contributed by atoms with van der Waals surface area (Å²) in [6.45, 7) is 0. The van der Waals surface area contributed by atoms with E-state index in [1.807, 2.05) is 30.3 Å². The second kappa shape index (κ2) is 5.97. The van der Waals surface area contributed by atoms with Gasteiger partial charge in [-0.3, -0.25) is 4.79 Å². The zero-order chi connectivity index (χ0) is 13.8. The Bertz CT molecular complexity index is 484. The van der Waals surface area contributed by atoms with E-state index in [-0.39, 0.29) is 0 Å². The number of carbonyl (C=O) groups is 1. The fourth-order valence-electron chi connectivity index (χ4n) is 2.60. The van der Waals surface area contributed by atoms with Crippen LogP contribution in [0.3, 0.4) is 0 Å². The van der Waals surface area contributed by atoms with Gasteiger partial charge < -0.3 is 10.8 Å². The molecule has 0 bridgehead atoms. The summed E-state index contributed by atoms with van der Waals surface area (Å²) in [6, 6.07) is 8.67. The molecule has 1 aliphatic rings. The first-order chi connectivity index (χ1) is 9.09. The molecule has 102 valence electrons. The lowest BCUT2D eigenvalue weighted by atomic mass is 9.97. The molecule has 19 heavy (non-hydrogen) atoms. The number of carboxylic acids is 1. The molecule has 1 aromatic carbocycles. The summed E-state index contributed by atoms with van der Waals surface area (Å²) < 4.78 is 14.3. The third kappa shape index (κ3) is 3.20. The standard InChI is InChI=1S/C15H18FNO2/c16-14(11-7-4-8-12(11)15(18)19)13(17)9-10-5-2-1-3-6-10/h1-3,5-6,12-13H,4,7-9,17H2,(H,18,19). The van der Waals surface area contributed by atoms with Crippen molar-refractivity contribution in [1.82, 2.24) is 0 Å². The van der Waals surface area contributed by atoms with Gasteiger partial charge in [0.25, 0.3) is 0 Å². The molecule has 0 radical (unpaired) electrons. The minimum absolute atomic E-state index is 0.385. The Hall–Kier alpha value is -1.68. The molecule has 1 saturated carbocycles. The molecule has 0 aromatic heterocycles. The molecule has 0 heterocycles. The average molecular weight is 263 g/mol. The van der Waals surface area contributed by atoms with Gasteiger partial charge in [0, 0.05) is 0 Å². The lowest BCUT2D eigenvalue weighted by Crippen LogP contribution is -2.26. The lowest BCUT2D eigenvalue weighted by Gasteiger charge is -2.14. The summed E-state index contributed by atoms with van der Waals surface area (Å²) in [5.74, 6) is -2.08. The Morgan fingerprint density at radius 1 is 1.42 bits per heavy atom. The second-order valence-electron chi connectivity index (χ2n) is 4.95. The maximum absolute atomic E-state index is 14.3. The lowest BCUT2D eigenvalue weighted by molar-refractivity contribution is -0.140. The van der Waals surface area contributed by atoms with E-state index in [9.17, 15) is 9.18 Å². The van der Waals surface area contributed by atoms with Gasteiger partial charge in [0.05, 0.1) is 12.0 Å². The molecule has 4 heteroatoms. The molecular formula is C15H18FNO2. The minimum Gasteiger partial charge on any atom is -0.481 e. The third-order valence-corrected chi connectivity index (χ3v) is 3.59. The molecule has 1 aromatic rings. The maximum atomic E-state index is 14.3. The Balaban J connectivity index is 2.14. The minimum atomic E-state index is -0.949. The van der Waals surface area contributed by atoms with Crippen LogP contribution >= 0.6 is 0 Å². The van der Waals surface area contributed by atoms with Gasteiger partial charge in [0.2, 0.25) is 0 Å². The summed E-state index contributed by atoms with van der Waals surface area (Å²) in [5.41, 5.74) is 7.21. The summed E-state index contributed by atoms with van der Waals surface area (Å²) in [5, 5.41) is 9.06. The quantitative estimate of drug-likeness (QED) is 0.877. The fraction of sp³-hybridized carbons (Fsp3) is 0.400. The normalized spacial score (nSPS) is 23.2. The number of nitrogens with two attached hydrogens (primary N) is 1. The van der Waals surface area contributed by atoms with Crippen molar-refractivity contribution in [2.24, 2.45) is 11.7 Å². The number of carboxylic acid groups (broad SMARTS) is 1. The summed E-state index contributed by atoms with van der Waals surface area (Å²) in [6.07, 6.45) is 2.13. The number of halogens is 1. The second-order valence-corrected chi connectivity index (χ2v) is 4.95. The molecule has 0 aliphatic heterocycles. The largest absolute Gasteiger partial charge is 0.481 e. The van der Waals surface area contributed by atoms with Gasteiger partial charge in [-0.25, -0.2) is 4.39 Å². The summed E-state index contributed by atoms with van der Waals surface area (Å²) in [4.78, 5) is 11.1. The third-order valence-electron chi connectivity index (χ3n) is 3.59. The molecule has 1 aliphatic carbocycles. The van der Waals surface area contributed by atoms with Crippen molar-refractivity contribution in [2.45, 2.75) is 31.7 Å². The zero-order valence-corrected chi connectivity index (χ0v) is 10.7. The van der Waals surface area contributed by atoms with Crippen LogP contribution in [0, 0.1) is 5.92 Å². The van der Waals surface area contributed by atoms with E-state index in [0.717, 1.165) is 12.0 Å². The van der Waals surface area contributed by atoms with Crippen LogP contribution in [-0.4, -0.2) is 17.1 Å². The zero-order valence-electron chi connectivity index (χ0n) is 10.7. The number of benzene rings is 1. The predicted molar refractivity (Wildman–Crippen MR) is 71.2 cm³/mol. The van der Waals surface area contributed by atoms with Crippen molar-refractivity contribution < 1.29 is 14.3 Å². The van der Waals surface area contributed by atoms with Crippen LogP contribution in [0.1, 0.15) is 24.8 Å². The van der Waals surface area contributed by atoms with Crippen molar-refractivity contribution >= 4 is 5.97 Å². The first-order valence-corrected chi connectivity index (χ1v) is 6.50. The van der Waals surface area contributed by atoms with Crippen LogP contribution < -0.4 is 5.73 Å². The van der Waals surface area contributed by atoms with Crippen LogP contribution in [0.5, 0.6) is 0 Å². The predicted octanol–water partition coefficient (Wildman–Crippen LogP) is 2.66. The van der Waals surface area contributed by atoms with Gasteiger partial charge in [-0.15, -0.1) is 0 Å². The van der Waals surface area contributed by atoms with Gasteiger partial charge in [-0.05, 0) is 36.8 Å². The number of hydrogen-bond acceptors (Lipinski definition) is 2. The molecule has 3 N–H and O–H groups in total. The van der Waals surface area contributed by atoms with E-state index in [2.05, 4.69) is 0 Å². The van der Waals surface area contributed by atoms with Crippen LogP contribution in [-0.2, 0) is 11.2 Å². The molecule has 2 unspecified atom stereocenters. The van der Waals surface area contributed by atoms with E-state index in [1.54, 1.807) is 0 Å². The Morgan fingerprint density at radius 3 is 2.74 bits per heavy atom. The Labute approximate surface area is 111 Å². The number of hydrogen-bond donors (Lipinski definition) is 2. The SMILES string of the molecule is NC(Cc1ccccc1)C(F)=C1CCCC1C(=O)O. The van der Waals surface area contributed by atoms with Crippen LogP contribution in [0.15, 0.2) is 41.7 Å². The van der Waals surface area contributed by atoms with E-state index < -0.39 is 23.8 Å². The Kier molecular flexibility index (Phi) is 4.32. The highest BCUT2D eigenvalue weighted by Crippen LogP contribution is 2.35. The molecular weight excluding hydrogens is 245 g/mol. The van der Waals surface area contributed by atoms with Gasteiger partial charge in [-0.2, -0.15) is 0 Å². The van der Waals surface area contributed by atoms with Gasteiger partial charge in [0.15, 0.2) is 0 Å². The summed E-state index contributed by atoms with van der Waals surface area (Å²) in [7, 11) is 0. The van der Waals surface area contributed by atoms with E-state index >= 15 is 0 Å². The van der Waals surface area contributed by atoms with Crippen LogP contribution in [0.25, 0.3) is 0 Å². The first-order valence-electron chi connectivity index (χ1n) is 6.50. The maximum Gasteiger partial charge on any atom is 0.310 e.